The number of fused-ring (bicyclic) bond motifs is 1. The molecule has 2 aromatic carbocycles. The fraction of sp³-hybridized carbons (Fsp3) is 0.120. The number of hydrogen-bond donors (Lipinski definition) is 2. The van der Waals surface area contributed by atoms with Crippen LogP contribution in [0.5, 0.6) is 0 Å². The molecule has 9 heteroatoms. The van der Waals surface area contributed by atoms with Crippen LogP contribution in [0, 0.1) is 6.92 Å². The Morgan fingerprint density at radius 3 is 2.56 bits per heavy atom. The molecule has 34 heavy (non-hydrogen) atoms. The molecule has 0 saturated carbocycles. The highest BCUT2D eigenvalue weighted by Gasteiger charge is 2.21. The molecule has 5 aromatic rings. The van der Waals surface area contributed by atoms with Gasteiger partial charge < -0.3 is 11.1 Å². The van der Waals surface area contributed by atoms with Crippen LogP contribution in [-0.2, 0) is 0 Å². The molecule has 9 nitrogen and oxygen atoms in total. The molecular formula is C25H22N8O. The second kappa shape index (κ2) is 8.70. The summed E-state index contributed by atoms with van der Waals surface area (Å²) in [5, 5.41) is 11.7. The van der Waals surface area contributed by atoms with Gasteiger partial charge in [0.05, 0.1) is 35.0 Å². The van der Waals surface area contributed by atoms with E-state index in [-0.39, 0.29) is 17.5 Å². The Morgan fingerprint density at radius 1 is 0.971 bits per heavy atom. The van der Waals surface area contributed by atoms with Crippen LogP contribution in [0.4, 0.5) is 11.8 Å². The van der Waals surface area contributed by atoms with Crippen molar-refractivity contribution < 1.29 is 0 Å². The van der Waals surface area contributed by atoms with Crippen LogP contribution in [0.3, 0.4) is 0 Å². The van der Waals surface area contributed by atoms with Crippen LogP contribution < -0.4 is 16.6 Å². The minimum absolute atomic E-state index is 0.169. The molecule has 5 rings (SSSR count). The quantitative estimate of drug-likeness (QED) is 0.415. The molecule has 0 unspecified atom stereocenters. The number of nitrogens with zero attached hydrogens (tertiary/aromatic N) is 6. The summed E-state index contributed by atoms with van der Waals surface area (Å²) in [6.45, 7) is 3.82. The monoisotopic (exact) mass is 450 g/mol. The largest absolute Gasteiger partial charge is 0.368 e. The predicted octanol–water partition coefficient (Wildman–Crippen LogP) is 3.70. The van der Waals surface area contributed by atoms with Gasteiger partial charge in [-0.3, -0.25) is 9.36 Å². The SMILES string of the molecule is Cc1cnc(N)nc1N[C@@H](C)c1nc2cccc(-c3ccnnc3)c2c(=O)n1-c1ccccc1. The fourth-order valence-electron chi connectivity index (χ4n) is 3.93. The summed E-state index contributed by atoms with van der Waals surface area (Å²) in [4.78, 5) is 27.3. The Labute approximate surface area is 195 Å². The van der Waals surface area contributed by atoms with Crippen LogP contribution in [0.1, 0.15) is 24.4 Å². The number of nitrogens with two attached hydrogens (primary N) is 1. The lowest BCUT2D eigenvalue weighted by Crippen LogP contribution is -2.28. The van der Waals surface area contributed by atoms with E-state index in [1.165, 1.54) is 0 Å². The van der Waals surface area contributed by atoms with Gasteiger partial charge in [0.15, 0.2) is 0 Å². The molecule has 3 aromatic heterocycles. The number of benzene rings is 2. The van der Waals surface area contributed by atoms with Crippen LogP contribution >= 0.6 is 0 Å². The van der Waals surface area contributed by atoms with E-state index in [1.54, 1.807) is 23.2 Å². The lowest BCUT2D eigenvalue weighted by Gasteiger charge is -2.21. The number of hydrogen-bond acceptors (Lipinski definition) is 8. The molecule has 1 atom stereocenters. The number of nitrogens with one attached hydrogen (secondary N) is 1. The molecule has 3 heterocycles. The van der Waals surface area contributed by atoms with E-state index in [9.17, 15) is 4.79 Å². The standard InChI is InChI=1S/C25H22N8O/c1-15-13-27-25(26)32-22(15)30-16(2)23-31-20-10-6-9-19(17-11-12-28-29-14-17)21(20)24(34)33(23)18-7-4-3-5-8-18/h3-14,16H,1-2H3,(H3,26,27,30,32)/t16-/m0/s1. The molecular weight excluding hydrogens is 428 g/mol. The predicted molar refractivity (Wildman–Crippen MR) is 132 cm³/mol. The third-order valence-corrected chi connectivity index (χ3v) is 5.56. The van der Waals surface area contributed by atoms with Crippen molar-refractivity contribution in [1.82, 2.24) is 29.7 Å². The van der Waals surface area contributed by atoms with Gasteiger partial charge in [0.2, 0.25) is 5.95 Å². The third kappa shape index (κ3) is 3.83. The molecule has 3 N–H and O–H groups in total. The zero-order valence-electron chi connectivity index (χ0n) is 18.7. The summed E-state index contributed by atoms with van der Waals surface area (Å²) >= 11 is 0. The lowest BCUT2D eigenvalue weighted by atomic mass is 10.0. The maximum absolute atomic E-state index is 14.0. The van der Waals surface area contributed by atoms with E-state index in [0.717, 1.165) is 16.7 Å². The van der Waals surface area contributed by atoms with E-state index in [4.69, 9.17) is 10.7 Å². The van der Waals surface area contributed by atoms with Gasteiger partial charge in [-0.05, 0) is 43.7 Å². The molecule has 0 saturated heterocycles. The van der Waals surface area contributed by atoms with Gasteiger partial charge in [-0.1, -0.05) is 30.3 Å². The molecule has 0 amide bonds. The van der Waals surface area contributed by atoms with E-state index in [1.807, 2.05) is 68.4 Å². The van der Waals surface area contributed by atoms with Gasteiger partial charge in [0.25, 0.3) is 5.56 Å². The molecule has 0 bridgehead atoms. The van der Waals surface area contributed by atoms with Crippen molar-refractivity contribution in [2.24, 2.45) is 0 Å². The molecule has 0 aliphatic carbocycles. The number of para-hydroxylation sites is 1. The second-order valence-electron chi connectivity index (χ2n) is 7.90. The zero-order valence-corrected chi connectivity index (χ0v) is 18.7. The summed E-state index contributed by atoms with van der Waals surface area (Å²) in [5.74, 6) is 1.30. The van der Waals surface area contributed by atoms with E-state index >= 15 is 0 Å². The molecule has 0 aliphatic heterocycles. The Balaban J connectivity index is 1.75. The normalized spacial score (nSPS) is 11.9. The van der Waals surface area contributed by atoms with Gasteiger partial charge >= 0.3 is 0 Å². The van der Waals surface area contributed by atoms with Crippen molar-refractivity contribution in [2.45, 2.75) is 19.9 Å². The van der Waals surface area contributed by atoms with E-state index in [2.05, 4.69) is 25.5 Å². The molecule has 0 fully saturated rings. The third-order valence-electron chi connectivity index (χ3n) is 5.56. The van der Waals surface area contributed by atoms with Crippen molar-refractivity contribution >= 4 is 22.7 Å². The first-order chi connectivity index (χ1) is 16.5. The Kier molecular flexibility index (Phi) is 5.43. The summed E-state index contributed by atoms with van der Waals surface area (Å²) in [7, 11) is 0. The highest BCUT2D eigenvalue weighted by Crippen LogP contribution is 2.28. The van der Waals surface area contributed by atoms with Crippen molar-refractivity contribution in [3.05, 3.63) is 94.9 Å². The summed E-state index contributed by atoms with van der Waals surface area (Å²) in [6, 6.07) is 16.5. The smallest absolute Gasteiger partial charge is 0.266 e. The lowest BCUT2D eigenvalue weighted by molar-refractivity contribution is 0.730. The fourth-order valence-corrected chi connectivity index (χ4v) is 3.93. The minimum atomic E-state index is -0.364. The first-order valence-corrected chi connectivity index (χ1v) is 10.8. The van der Waals surface area contributed by atoms with Crippen molar-refractivity contribution in [3.63, 3.8) is 0 Å². The maximum Gasteiger partial charge on any atom is 0.266 e. The Morgan fingerprint density at radius 2 is 1.79 bits per heavy atom. The van der Waals surface area contributed by atoms with Crippen LogP contribution in [0.15, 0.2) is 78.0 Å². The molecule has 0 aliphatic rings. The van der Waals surface area contributed by atoms with Crippen LogP contribution in [0.2, 0.25) is 0 Å². The molecule has 0 radical (unpaired) electrons. The van der Waals surface area contributed by atoms with Crippen molar-refractivity contribution in [1.29, 1.82) is 0 Å². The highest BCUT2D eigenvalue weighted by atomic mass is 16.1. The summed E-state index contributed by atoms with van der Waals surface area (Å²) < 4.78 is 1.64. The Bertz CT molecular complexity index is 1530. The first-order valence-electron chi connectivity index (χ1n) is 10.8. The number of rotatable bonds is 5. The van der Waals surface area contributed by atoms with Gasteiger partial charge in [-0.15, -0.1) is 0 Å². The van der Waals surface area contributed by atoms with E-state index in [0.29, 0.717) is 28.2 Å². The number of anilines is 2. The maximum atomic E-state index is 14.0. The highest BCUT2D eigenvalue weighted by molar-refractivity contribution is 5.94. The Hall–Kier alpha value is -4.66. The molecule has 168 valence electrons. The number of nitrogen functional groups attached to an aromatic ring is 1. The average Bonchev–Trinajstić information content (AvgIpc) is 2.86. The summed E-state index contributed by atoms with van der Waals surface area (Å²) in [5.41, 5.74) is 9.31. The van der Waals surface area contributed by atoms with Gasteiger partial charge in [0.1, 0.15) is 11.6 Å². The van der Waals surface area contributed by atoms with Gasteiger partial charge in [-0.25, -0.2) is 9.97 Å². The second-order valence-corrected chi connectivity index (χ2v) is 7.90. The van der Waals surface area contributed by atoms with Gasteiger partial charge in [-0.2, -0.15) is 15.2 Å². The topological polar surface area (TPSA) is 124 Å². The first kappa shape index (κ1) is 21.2. The van der Waals surface area contributed by atoms with E-state index < -0.39 is 0 Å². The van der Waals surface area contributed by atoms with Crippen molar-refractivity contribution in [2.75, 3.05) is 11.1 Å². The van der Waals surface area contributed by atoms with Gasteiger partial charge in [0, 0.05) is 17.3 Å². The molecule has 0 spiro atoms. The summed E-state index contributed by atoms with van der Waals surface area (Å²) in [6.07, 6.45) is 4.90. The number of aryl methyl sites for hydroxylation is 1. The zero-order chi connectivity index (χ0) is 23.7. The minimum Gasteiger partial charge on any atom is -0.368 e. The average molecular weight is 451 g/mol. The van der Waals surface area contributed by atoms with Crippen LogP contribution in [-0.4, -0.2) is 29.7 Å². The van der Waals surface area contributed by atoms with Crippen molar-refractivity contribution in [3.8, 4) is 16.8 Å². The van der Waals surface area contributed by atoms with Crippen LogP contribution in [0.25, 0.3) is 27.7 Å². The number of aromatic nitrogens is 6.